The second-order valence-corrected chi connectivity index (χ2v) is 8.86. The van der Waals surface area contributed by atoms with Gasteiger partial charge < -0.3 is 21.0 Å². The van der Waals surface area contributed by atoms with Crippen LogP contribution in [0.15, 0.2) is 30.5 Å². The van der Waals surface area contributed by atoms with Crippen LogP contribution >= 0.6 is 36.2 Å². The predicted molar refractivity (Wildman–Crippen MR) is 127 cm³/mol. The van der Waals surface area contributed by atoms with Crippen molar-refractivity contribution >= 4 is 57.9 Å². The van der Waals surface area contributed by atoms with Gasteiger partial charge >= 0.3 is 0 Å². The van der Waals surface area contributed by atoms with E-state index in [0.29, 0.717) is 27.8 Å². The lowest BCUT2D eigenvalue weighted by Crippen LogP contribution is -2.53. The number of hydrogen-bond acceptors (Lipinski definition) is 7. The lowest BCUT2D eigenvalue weighted by Gasteiger charge is -2.33. The van der Waals surface area contributed by atoms with Gasteiger partial charge in [-0.1, -0.05) is 23.8 Å². The van der Waals surface area contributed by atoms with Crippen molar-refractivity contribution in [3.63, 3.8) is 0 Å². The van der Waals surface area contributed by atoms with Crippen molar-refractivity contribution in [1.29, 1.82) is 0 Å². The lowest BCUT2D eigenvalue weighted by atomic mass is 10.1. The van der Waals surface area contributed by atoms with E-state index in [4.69, 9.17) is 33.8 Å². The minimum Gasteiger partial charge on any atom is -0.357 e. The Bertz CT molecular complexity index is 997. The molecule has 5 rings (SSSR count). The van der Waals surface area contributed by atoms with Gasteiger partial charge in [0.25, 0.3) is 0 Å². The van der Waals surface area contributed by atoms with E-state index in [1.807, 2.05) is 24.4 Å². The highest BCUT2D eigenvalue weighted by Gasteiger charge is 2.45. The number of hydrogen-bond donors (Lipinski definition) is 4. The highest BCUT2D eigenvalue weighted by atomic mass is 35.5. The molecule has 160 valence electrons. The Morgan fingerprint density at radius 1 is 1.33 bits per heavy atom. The van der Waals surface area contributed by atoms with Gasteiger partial charge in [0, 0.05) is 48.2 Å². The Kier molecular flexibility index (Phi) is 6.05. The summed E-state index contributed by atoms with van der Waals surface area (Å²) in [6, 6.07) is 6.07. The van der Waals surface area contributed by atoms with Gasteiger partial charge in [-0.15, -0.1) is 12.4 Å². The summed E-state index contributed by atoms with van der Waals surface area (Å²) in [5.41, 5.74) is 6.92. The third kappa shape index (κ3) is 4.07. The quantitative estimate of drug-likeness (QED) is 0.513. The second kappa shape index (κ2) is 8.43. The van der Waals surface area contributed by atoms with Gasteiger partial charge in [-0.2, -0.15) is 0 Å². The molecule has 4 N–H and O–H groups in total. The van der Waals surface area contributed by atoms with Gasteiger partial charge in [-0.25, -0.2) is 15.4 Å². The summed E-state index contributed by atoms with van der Waals surface area (Å²) in [6.45, 7) is 4.77. The molecule has 7 nitrogen and oxygen atoms in total. The molecule has 1 saturated heterocycles. The smallest absolute Gasteiger partial charge is 0.189 e. The summed E-state index contributed by atoms with van der Waals surface area (Å²) in [7, 11) is 0. The van der Waals surface area contributed by atoms with Gasteiger partial charge in [0.15, 0.2) is 5.82 Å². The molecule has 1 aromatic carbocycles. The Balaban J connectivity index is 0.00000218. The number of halogens is 2. The zero-order valence-corrected chi connectivity index (χ0v) is 19.0. The molecule has 2 aliphatic heterocycles. The van der Waals surface area contributed by atoms with Crippen LogP contribution in [0.5, 0.6) is 0 Å². The minimum absolute atomic E-state index is 0. The van der Waals surface area contributed by atoms with Crippen molar-refractivity contribution < 1.29 is 0 Å². The fourth-order valence-electron chi connectivity index (χ4n) is 4.07. The summed E-state index contributed by atoms with van der Waals surface area (Å²) in [4.78, 5) is 12.5. The van der Waals surface area contributed by atoms with Crippen LogP contribution in [0.25, 0.3) is 10.9 Å². The van der Waals surface area contributed by atoms with E-state index in [-0.39, 0.29) is 18.1 Å². The van der Waals surface area contributed by atoms with E-state index in [9.17, 15) is 0 Å². The minimum atomic E-state index is -0.369. The highest BCUT2D eigenvalue weighted by Crippen LogP contribution is 2.42. The second-order valence-electron chi connectivity index (χ2n) is 8.03. The largest absolute Gasteiger partial charge is 0.357 e. The molecule has 1 saturated carbocycles. The number of fused-ring (bicyclic) bond motifs is 1. The number of aromatic nitrogens is 2. The van der Waals surface area contributed by atoms with Crippen molar-refractivity contribution in [3.05, 3.63) is 41.3 Å². The zero-order chi connectivity index (χ0) is 20.0. The summed E-state index contributed by atoms with van der Waals surface area (Å²) < 4.78 is 0. The molecule has 0 radical (unpaired) electrons. The molecule has 0 spiro atoms. The molecule has 10 heteroatoms. The number of rotatable bonds is 4. The molecule has 2 atom stereocenters. The van der Waals surface area contributed by atoms with Gasteiger partial charge in [-0.05, 0) is 44.0 Å². The maximum Gasteiger partial charge on any atom is 0.189 e. The van der Waals surface area contributed by atoms with Gasteiger partial charge in [0.1, 0.15) is 16.5 Å². The summed E-state index contributed by atoms with van der Waals surface area (Å²) >= 11 is 12.1. The van der Waals surface area contributed by atoms with Crippen molar-refractivity contribution in [3.8, 4) is 0 Å². The summed E-state index contributed by atoms with van der Waals surface area (Å²) in [5.74, 6) is 1.82. The number of anilines is 1. The van der Waals surface area contributed by atoms with Gasteiger partial charge in [-0.3, -0.25) is 0 Å². The van der Waals surface area contributed by atoms with Crippen molar-refractivity contribution in [2.45, 2.75) is 31.5 Å². The normalized spacial score (nSPS) is 25.7. The molecule has 2 unspecified atom stereocenters. The summed E-state index contributed by atoms with van der Waals surface area (Å²) in [5, 5.41) is 8.62. The van der Waals surface area contributed by atoms with Crippen LogP contribution < -0.4 is 21.5 Å². The number of nitrogens with zero attached hydrogens (tertiary/aromatic N) is 3. The molecular formula is C20H25Cl2N7S. The van der Waals surface area contributed by atoms with Crippen molar-refractivity contribution in [1.82, 2.24) is 31.0 Å². The molecule has 2 fully saturated rings. The number of hydrazine groups is 1. The van der Waals surface area contributed by atoms with Crippen LogP contribution in [0.4, 0.5) is 5.82 Å². The first kappa shape index (κ1) is 21.5. The average Bonchev–Trinajstić information content (AvgIpc) is 3.48. The van der Waals surface area contributed by atoms with Crippen LogP contribution in [0.1, 0.15) is 25.6 Å². The van der Waals surface area contributed by atoms with Gasteiger partial charge in [0.2, 0.25) is 0 Å². The molecule has 1 aromatic heterocycles. The molecule has 2 aromatic rings. The predicted octanol–water partition coefficient (Wildman–Crippen LogP) is 2.81. The van der Waals surface area contributed by atoms with E-state index < -0.39 is 0 Å². The van der Waals surface area contributed by atoms with Crippen LogP contribution in [0.2, 0.25) is 5.02 Å². The van der Waals surface area contributed by atoms with E-state index in [0.717, 1.165) is 36.4 Å². The van der Waals surface area contributed by atoms with Crippen molar-refractivity contribution in [2.24, 2.45) is 5.92 Å². The van der Waals surface area contributed by atoms with Crippen LogP contribution in [-0.4, -0.2) is 51.2 Å². The molecular weight excluding hydrogens is 441 g/mol. The first-order valence-corrected chi connectivity index (χ1v) is 10.8. The first-order valence-electron chi connectivity index (χ1n) is 10.0. The maximum atomic E-state index is 6.29. The highest BCUT2D eigenvalue weighted by molar-refractivity contribution is 7.80. The Morgan fingerprint density at radius 3 is 2.87 bits per heavy atom. The molecule has 0 bridgehead atoms. The van der Waals surface area contributed by atoms with Gasteiger partial charge in [0.05, 0.1) is 5.52 Å². The number of benzene rings is 1. The fourth-order valence-corrected chi connectivity index (χ4v) is 4.50. The van der Waals surface area contributed by atoms with E-state index in [1.54, 1.807) is 0 Å². The average molecular weight is 466 g/mol. The SMILES string of the molecule is CC1CN(C(=S)c2nc(NC3(C4CC4)C=CNN3)c3cc(Cl)ccc3n2)CCN1.Cl. The molecule has 0 amide bonds. The maximum absolute atomic E-state index is 6.29. The van der Waals surface area contributed by atoms with Crippen LogP contribution in [-0.2, 0) is 0 Å². The third-order valence-corrected chi connectivity index (χ3v) is 6.44. The van der Waals surface area contributed by atoms with Crippen LogP contribution in [0.3, 0.4) is 0 Å². The number of piperazine rings is 1. The molecule has 30 heavy (non-hydrogen) atoms. The van der Waals surface area contributed by atoms with E-state index >= 15 is 0 Å². The summed E-state index contributed by atoms with van der Waals surface area (Å²) in [6.07, 6.45) is 6.38. The van der Waals surface area contributed by atoms with E-state index in [2.05, 4.69) is 39.4 Å². The molecule has 3 aliphatic rings. The lowest BCUT2D eigenvalue weighted by molar-refractivity contribution is 0.307. The monoisotopic (exact) mass is 465 g/mol. The molecule has 3 heterocycles. The van der Waals surface area contributed by atoms with E-state index in [1.165, 1.54) is 12.8 Å². The third-order valence-electron chi connectivity index (χ3n) is 5.76. The standard InChI is InChI=1S/C20H24ClN7S.ClH/c1-12-11-28(9-8-22-12)19(29)18-24-16-5-4-14(21)10-15(16)17(25-18)26-20(13-2-3-13)6-7-23-27-20;/h4-7,10,12-13,22-23,27H,2-3,8-9,11H2,1H3,(H,24,25,26);1H. The fraction of sp³-hybridized carbons (Fsp3) is 0.450. The van der Waals surface area contributed by atoms with Crippen LogP contribution in [0, 0.1) is 5.92 Å². The number of nitrogens with one attached hydrogen (secondary N) is 4. The Morgan fingerprint density at radius 2 is 2.17 bits per heavy atom. The zero-order valence-electron chi connectivity index (χ0n) is 16.6. The number of thiocarbonyl (C=S) groups is 1. The first-order chi connectivity index (χ1) is 14.0. The Hall–Kier alpha value is -1.71. The molecule has 1 aliphatic carbocycles. The van der Waals surface area contributed by atoms with Crippen molar-refractivity contribution in [2.75, 3.05) is 25.0 Å². The topological polar surface area (TPSA) is 77.1 Å². The Labute approximate surface area is 192 Å².